The number of hydrogen-bond donors (Lipinski definition) is 2. The van der Waals surface area contributed by atoms with Crippen molar-refractivity contribution in [2.24, 2.45) is 0 Å². The molecule has 2 atom stereocenters. The molecule has 3 heterocycles. The minimum atomic E-state index is -1.14. The maximum atomic E-state index is 14.4. The highest BCUT2D eigenvalue weighted by Crippen LogP contribution is 2.38. The van der Waals surface area contributed by atoms with Crippen LogP contribution in [0.2, 0.25) is 0 Å². The zero-order chi connectivity index (χ0) is 19.7. The summed E-state index contributed by atoms with van der Waals surface area (Å²) in [5, 5.41) is 15.8. The van der Waals surface area contributed by atoms with Crippen LogP contribution in [-0.4, -0.2) is 51.5 Å². The van der Waals surface area contributed by atoms with Crippen LogP contribution in [-0.2, 0) is 0 Å². The van der Waals surface area contributed by atoms with Gasteiger partial charge in [0.2, 0.25) is 0 Å². The van der Waals surface area contributed by atoms with Gasteiger partial charge in [0.1, 0.15) is 12.0 Å². The minimum Gasteiger partial charge on any atom is -0.395 e. The molecule has 1 aliphatic rings. The molecule has 1 amide bonds. The summed E-state index contributed by atoms with van der Waals surface area (Å²) in [5.74, 6) is -0.601. The number of aromatic nitrogens is 3. The Morgan fingerprint density at radius 2 is 2.18 bits per heavy atom. The SMILES string of the molecule is O=C(NCCO)c1c(N2C[C@@H](F)C[C@@H]2c2cccc(F)c2)nc2cccnn12. The fourth-order valence-electron chi connectivity index (χ4n) is 3.58. The van der Waals surface area contributed by atoms with E-state index in [1.54, 1.807) is 29.2 Å². The van der Waals surface area contributed by atoms with Crippen molar-refractivity contribution in [2.45, 2.75) is 18.6 Å². The zero-order valence-corrected chi connectivity index (χ0v) is 14.9. The van der Waals surface area contributed by atoms with Gasteiger partial charge in [-0.3, -0.25) is 4.79 Å². The molecule has 7 nitrogen and oxygen atoms in total. The summed E-state index contributed by atoms with van der Waals surface area (Å²) in [5.41, 5.74) is 1.21. The van der Waals surface area contributed by atoms with E-state index >= 15 is 0 Å². The second kappa shape index (κ2) is 7.51. The Morgan fingerprint density at radius 1 is 1.32 bits per heavy atom. The number of anilines is 1. The number of nitrogens with zero attached hydrogens (tertiary/aromatic N) is 4. The van der Waals surface area contributed by atoms with E-state index in [4.69, 9.17) is 5.11 Å². The maximum absolute atomic E-state index is 14.4. The lowest BCUT2D eigenvalue weighted by molar-refractivity contribution is 0.0938. The third-order valence-electron chi connectivity index (χ3n) is 4.74. The van der Waals surface area contributed by atoms with Crippen LogP contribution in [0.4, 0.5) is 14.6 Å². The van der Waals surface area contributed by atoms with Crippen LogP contribution in [0.1, 0.15) is 28.5 Å². The summed E-state index contributed by atoms with van der Waals surface area (Å²) in [4.78, 5) is 18.9. The Balaban J connectivity index is 1.81. The first-order valence-corrected chi connectivity index (χ1v) is 8.97. The predicted octanol–water partition coefficient (Wildman–Crippen LogP) is 1.88. The highest BCUT2D eigenvalue weighted by molar-refractivity contribution is 5.98. The molecule has 0 saturated carbocycles. The summed E-state index contributed by atoms with van der Waals surface area (Å²) < 4.78 is 29.5. The van der Waals surface area contributed by atoms with Gasteiger partial charge >= 0.3 is 0 Å². The van der Waals surface area contributed by atoms with E-state index in [0.29, 0.717) is 11.2 Å². The number of hydrogen-bond acceptors (Lipinski definition) is 5. The van der Waals surface area contributed by atoms with Crippen molar-refractivity contribution in [3.63, 3.8) is 0 Å². The second-order valence-electron chi connectivity index (χ2n) is 6.61. The molecule has 0 radical (unpaired) electrons. The van der Waals surface area contributed by atoms with Crippen molar-refractivity contribution in [2.75, 3.05) is 24.6 Å². The normalized spacial score (nSPS) is 19.3. The lowest BCUT2D eigenvalue weighted by atomic mass is 10.0. The summed E-state index contributed by atoms with van der Waals surface area (Å²) >= 11 is 0. The lowest BCUT2D eigenvalue weighted by Gasteiger charge is -2.25. The van der Waals surface area contributed by atoms with E-state index in [9.17, 15) is 13.6 Å². The zero-order valence-electron chi connectivity index (χ0n) is 14.9. The molecular weight excluding hydrogens is 368 g/mol. The first-order chi connectivity index (χ1) is 13.6. The van der Waals surface area contributed by atoms with Gasteiger partial charge < -0.3 is 15.3 Å². The molecule has 2 aromatic heterocycles. The fraction of sp³-hybridized carbons (Fsp3) is 0.316. The molecule has 0 spiro atoms. The predicted molar refractivity (Wildman–Crippen MR) is 98.4 cm³/mol. The third-order valence-corrected chi connectivity index (χ3v) is 4.74. The van der Waals surface area contributed by atoms with Gasteiger partial charge in [-0.1, -0.05) is 12.1 Å². The second-order valence-corrected chi connectivity index (χ2v) is 6.61. The van der Waals surface area contributed by atoms with Gasteiger partial charge in [-0.2, -0.15) is 5.10 Å². The molecule has 1 fully saturated rings. The minimum absolute atomic E-state index is 0.0331. The van der Waals surface area contributed by atoms with Crippen molar-refractivity contribution >= 4 is 17.4 Å². The van der Waals surface area contributed by atoms with Crippen molar-refractivity contribution in [3.8, 4) is 0 Å². The van der Waals surface area contributed by atoms with Crippen molar-refractivity contribution in [3.05, 3.63) is 59.7 Å². The van der Waals surface area contributed by atoms with Gasteiger partial charge in [0.05, 0.1) is 19.2 Å². The van der Waals surface area contributed by atoms with Gasteiger partial charge in [-0.25, -0.2) is 18.3 Å². The third kappa shape index (κ3) is 3.29. The average Bonchev–Trinajstić information content (AvgIpc) is 3.26. The summed E-state index contributed by atoms with van der Waals surface area (Å²) in [6, 6.07) is 8.94. The van der Waals surface area contributed by atoms with Crippen LogP contribution in [0.15, 0.2) is 42.6 Å². The Labute approximate surface area is 159 Å². The smallest absolute Gasteiger partial charge is 0.273 e. The summed E-state index contributed by atoms with van der Waals surface area (Å²) in [6.07, 6.45) is 0.551. The molecule has 146 valence electrons. The number of halogens is 2. The van der Waals surface area contributed by atoms with E-state index in [1.165, 1.54) is 22.8 Å². The molecule has 0 bridgehead atoms. The molecule has 9 heteroatoms. The van der Waals surface area contributed by atoms with Crippen LogP contribution in [0.3, 0.4) is 0 Å². The quantitative estimate of drug-likeness (QED) is 0.699. The maximum Gasteiger partial charge on any atom is 0.273 e. The highest BCUT2D eigenvalue weighted by Gasteiger charge is 2.37. The Kier molecular flexibility index (Phi) is 4.91. The monoisotopic (exact) mass is 387 g/mol. The molecule has 28 heavy (non-hydrogen) atoms. The summed E-state index contributed by atoms with van der Waals surface area (Å²) in [6.45, 7) is -0.115. The van der Waals surface area contributed by atoms with Gasteiger partial charge in [0, 0.05) is 19.2 Å². The van der Waals surface area contributed by atoms with Crippen LogP contribution in [0.5, 0.6) is 0 Å². The number of nitrogens with one attached hydrogen (secondary N) is 1. The van der Waals surface area contributed by atoms with Crippen molar-refractivity contribution in [1.29, 1.82) is 0 Å². The van der Waals surface area contributed by atoms with E-state index < -0.39 is 23.9 Å². The molecule has 0 unspecified atom stereocenters. The molecule has 0 aliphatic carbocycles. The number of fused-ring (bicyclic) bond motifs is 1. The van der Waals surface area contributed by atoms with Crippen LogP contribution in [0.25, 0.3) is 5.65 Å². The Bertz CT molecular complexity index is 1010. The number of carbonyl (C=O) groups excluding carboxylic acids is 1. The number of imidazole rings is 1. The molecular formula is C19H19F2N5O2. The number of amides is 1. The van der Waals surface area contributed by atoms with Gasteiger partial charge in [-0.15, -0.1) is 0 Å². The van der Waals surface area contributed by atoms with Crippen molar-refractivity contribution in [1.82, 2.24) is 19.9 Å². The molecule has 2 N–H and O–H groups in total. The number of benzene rings is 1. The number of aliphatic hydroxyl groups excluding tert-OH is 1. The van der Waals surface area contributed by atoms with E-state index in [2.05, 4.69) is 15.4 Å². The standard InChI is InChI=1S/C19H19F2N5O2/c20-13-4-1-3-12(9-13)15-10-14(21)11-25(15)18-17(19(28)22-7-8-27)26-16(24-18)5-2-6-23-26/h1-6,9,14-15,27H,7-8,10-11H2,(H,22,28)/t14-,15+/m0/s1. The topological polar surface area (TPSA) is 82.8 Å². The Morgan fingerprint density at radius 3 is 2.96 bits per heavy atom. The molecule has 1 aromatic carbocycles. The first kappa shape index (κ1) is 18.3. The number of rotatable bonds is 5. The summed E-state index contributed by atoms with van der Waals surface area (Å²) in [7, 11) is 0. The van der Waals surface area contributed by atoms with Crippen molar-refractivity contribution < 1.29 is 18.7 Å². The molecule has 4 rings (SSSR count). The number of alkyl halides is 1. The highest BCUT2D eigenvalue weighted by atomic mass is 19.1. The molecule has 1 saturated heterocycles. The van der Waals surface area contributed by atoms with Crippen LogP contribution in [0, 0.1) is 5.82 Å². The van der Waals surface area contributed by atoms with Gasteiger partial charge in [-0.05, 0) is 29.8 Å². The molecule has 3 aromatic rings. The van der Waals surface area contributed by atoms with Crippen LogP contribution < -0.4 is 10.2 Å². The largest absolute Gasteiger partial charge is 0.395 e. The van der Waals surface area contributed by atoms with Crippen LogP contribution >= 0.6 is 0 Å². The number of carbonyl (C=O) groups is 1. The van der Waals surface area contributed by atoms with E-state index in [-0.39, 0.29) is 37.6 Å². The van der Waals surface area contributed by atoms with Gasteiger partial charge in [0.15, 0.2) is 17.2 Å². The average molecular weight is 387 g/mol. The fourth-order valence-corrected chi connectivity index (χ4v) is 3.58. The van der Waals surface area contributed by atoms with E-state index in [0.717, 1.165) is 0 Å². The Hall–Kier alpha value is -3.07. The van der Waals surface area contributed by atoms with E-state index in [1.807, 2.05) is 0 Å². The van der Waals surface area contributed by atoms with Gasteiger partial charge in [0.25, 0.3) is 5.91 Å². The first-order valence-electron chi connectivity index (χ1n) is 8.97. The number of aliphatic hydroxyl groups is 1. The molecule has 1 aliphatic heterocycles. The lowest BCUT2D eigenvalue weighted by Crippen LogP contribution is -2.31.